The van der Waals surface area contributed by atoms with Gasteiger partial charge in [0.15, 0.2) is 0 Å². The normalized spacial score (nSPS) is 15.0. The summed E-state index contributed by atoms with van der Waals surface area (Å²) < 4.78 is 2.61. The third kappa shape index (κ3) is 1.53. The van der Waals surface area contributed by atoms with Gasteiger partial charge in [0, 0.05) is 17.6 Å². The van der Waals surface area contributed by atoms with Crippen LogP contribution < -0.4 is 0 Å². The van der Waals surface area contributed by atoms with E-state index >= 15 is 0 Å². The first kappa shape index (κ1) is 11.8. The summed E-state index contributed by atoms with van der Waals surface area (Å²) >= 11 is 0. The molecule has 2 aromatic rings. The van der Waals surface area contributed by atoms with Crippen LogP contribution in [0.4, 0.5) is 0 Å². The van der Waals surface area contributed by atoms with Gasteiger partial charge in [-0.3, -0.25) is 0 Å². The van der Waals surface area contributed by atoms with E-state index in [2.05, 4.69) is 50.5 Å². The molecule has 0 bridgehead atoms. The van der Waals surface area contributed by atoms with E-state index in [0.29, 0.717) is 11.8 Å². The summed E-state index contributed by atoms with van der Waals surface area (Å²) in [4.78, 5) is 0. The Morgan fingerprint density at radius 3 is 2.50 bits per heavy atom. The monoisotopic (exact) mass is 241 g/mol. The summed E-state index contributed by atoms with van der Waals surface area (Å²) in [6.07, 6.45) is 2.54. The topological polar surface area (TPSA) is 4.93 Å². The summed E-state index contributed by atoms with van der Waals surface area (Å²) in [6.45, 7) is 10.5. The molecule has 96 valence electrons. The molecule has 1 nitrogen and oxygen atoms in total. The summed E-state index contributed by atoms with van der Waals surface area (Å²) in [6, 6.07) is 6.87. The molecule has 0 radical (unpaired) electrons. The Bertz CT molecular complexity index is 587. The number of rotatable bonds is 2. The molecule has 0 spiro atoms. The Morgan fingerprint density at radius 2 is 1.83 bits per heavy atom. The van der Waals surface area contributed by atoms with Crippen LogP contribution in [0.5, 0.6) is 0 Å². The number of aryl methyl sites for hydroxylation is 2. The second-order valence-electron chi connectivity index (χ2n) is 6.18. The van der Waals surface area contributed by atoms with Gasteiger partial charge in [-0.1, -0.05) is 45.9 Å². The average Bonchev–Trinajstić information content (AvgIpc) is 2.67. The molecule has 1 aromatic carbocycles. The summed E-state index contributed by atoms with van der Waals surface area (Å²) in [5.74, 6) is 1.22. The Kier molecular flexibility index (Phi) is 2.73. The molecule has 3 rings (SSSR count). The molecular weight excluding hydrogens is 218 g/mol. The highest BCUT2D eigenvalue weighted by Crippen LogP contribution is 2.39. The average molecular weight is 241 g/mol. The Balaban J connectivity index is 2.45. The van der Waals surface area contributed by atoms with Gasteiger partial charge in [0.05, 0.1) is 5.52 Å². The molecular formula is C17H23N. The van der Waals surface area contributed by atoms with Crippen LogP contribution in [-0.4, -0.2) is 4.57 Å². The Morgan fingerprint density at radius 1 is 1.06 bits per heavy atom. The van der Waals surface area contributed by atoms with Crippen LogP contribution in [0, 0.1) is 0 Å². The van der Waals surface area contributed by atoms with Crippen LogP contribution in [0.1, 0.15) is 62.8 Å². The van der Waals surface area contributed by atoms with Crippen LogP contribution in [0.25, 0.3) is 10.9 Å². The summed E-state index contributed by atoms with van der Waals surface area (Å²) in [5, 5.41) is 1.51. The molecule has 0 N–H and O–H groups in total. The minimum Gasteiger partial charge on any atom is -0.344 e. The molecule has 1 aromatic heterocycles. The molecule has 0 aliphatic carbocycles. The van der Waals surface area contributed by atoms with E-state index in [1.54, 1.807) is 16.8 Å². The number of para-hydroxylation sites is 1. The smallest absolute Gasteiger partial charge is 0.0518 e. The number of benzene rings is 1. The van der Waals surface area contributed by atoms with Crippen molar-refractivity contribution in [1.82, 2.24) is 4.57 Å². The second-order valence-corrected chi connectivity index (χ2v) is 6.18. The standard InChI is InChI=1S/C17H23N/c1-11(2)15-14-9-5-7-13-8-6-10-18(17(13)14)16(15)12(3)4/h5,7,9,11-12H,6,8,10H2,1-4H3. The largest absolute Gasteiger partial charge is 0.344 e. The molecule has 0 saturated heterocycles. The molecule has 0 unspecified atom stereocenters. The van der Waals surface area contributed by atoms with Gasteiger partial charge < -0.3 is 4.57 Å². The van der Waals surface area contributed by atoms with Crippen molar-refractivity contribution in [2.24, 2.45) is 0 Å². The van der Waals surface area contributed by atoms with Crippen molar-refractivity contribution in [2.75, 3.05) is 0 Å². The molecule has 18 heavy (non-hydrogen) atoms. The predicted molar refractivity (Wildman–Crippen MR) is 78.4 cm³/mol. The van der Waals surface area contributed by atoms with Crippen LogP contribution in [0.2, 0.25) is 0 Å². The third-order valence-electron chi connectivity index (χ3n) is 4.20. The fourth-order valence-electron chi connectivity index (χ4n) is 3.62. The van der Waals surface area contributed by atoms with Gasteiger partial charge in [-0.25, -0.2) is 0 Å². The lowest BCUT2D eigenvalue weighted by molar-refractivity contribution is 0.588. The summed E-state index contributed by atoms with van der Waals surface area (Å²) in [5.41, 5.74) is 6.24. The fourth-order valence-corrected chi connectivity index (χ4v) is 3.62. The molecule has 0 fully saturated rings. The van der Waals surface area contributed by atoms with Gasteiger partial charge in [-0.15, -0.1) is 0 Å². The van der Waals surface area contributed by atoms with E-state index in [4.69, 9.17) is 0 Å². The van der Waals surface area contributed by atoms with E-state index < -0.39 is 0 Å². The summed E-state index contributed by atoms with van der Waals surface area (Å²) in [7, 11) is 0. The molecule has 0 saturated carbocycles. The van der Waals surface area contributed by atoms with Crippen molar-refractivity contribution >= 4 is 10.9 Å². The van der Waals surface area contributed by atoms with Gasteiger partial charge in [0.2, 0.25) is 0 Å². The number of hydrogen-bond acceptors (Lipinski definition) is 0. The maximum atomic E-state index is 2.61. The maximum Gasteiger partial charge on any atom is 0.0518 e. The third-order valence-corrected chi connectivity index (χ3v) is 4.20. The van der Waals surface area contributed by atoms with Gasteiger partial charge in [-0.05, 0) is 35.8 Å². The van der Waals surface area contributed by atoms with Gasteiger partial charge in [0.25, 0.3) is 0 Å². The maximum absolute atomic E-state index is 2.61. The lowest BCUT2D eigenvalue weighted by atomic mass is 9.94. The van der Waals surface area contributed by atoms with E-state index in [9.17, 15) is 0 Å². The molecule has 1 aliphatic rings. The van der Waals surface area contributed by atoms with Gasteiger partial charge >= 0.3 is 0 Å². The Hall–Kier alpha value is -1.24. The molecule has 1 aliphatic heterocycles. The molecule has 1 heteroatoms. The van der Waals surface area contributed by atoms with Crippen molar-refractivity contribution in [3.05, 3.63) is 35.0 Å². The van der Waals surface area contributed by atoms with Crippen LogP contribution >= 0.6 is 0 Å². The lowest BCUT2D eigenvalue weighted by Gasteiger charge is -2.20. The minimum atomic E-state index is 0.611. The predicted octanol–water partition coefficient (Wildman–Crippen LogP) is 4.83. The van der Waals surface area contributed by atoms with Crippen LogP contribution in [0.3, 0.4) is 0 Å². The van der Waals surface area contributed by atoms with E-state index in [1.165, 1.54) is 30.3 Å². The molecule has 0 amide bonds. The first-order valence-corrected chi connectivity index (χ1v) is 7.25. The van der Waals surface area contributed by atoms with E-state index in [1.807, 2.05) is 0 Å². The van der Waals surface area contributed by atoms with Crippen LogP contribution in [0.15, 0.2) is 18.2 Å². The van der Waals surface area contributed by atoms with Crippen molar-refractivity contribution in [1.29, 1.82) is 0 Å². The SMILES string of the molecule is CC(C)c1c(C(C)C)n2c3c(cccc13)CCC2. The highest BCUT2D eigenvalue weighted by molar-refractivity contribution is 5.89. The van der Waals surface area contributed by atoms with Gasteiger partial charge in [0.1, 0.15) is 0 Å². The number of nitrogens with zero attached hydrogens (tertiary/aromatic N) is 1. The highest BCUT2D eigenvalue weighted by atomic mass is 15.0. The molecule has 2 heterocycles. The number of aromatic nitrogens is 1. The zero-order chi connectivity index (χ0) is 12.9. The first-order chi connectivity index (χ1) is 8.61. The van der Waals surface area contributed by atoms with Crippen molar-refractivity contribution < 1.29 is 0 Å². The van der Waals surface area contributed by atoms with E-state index in [-0.39, 0.29) is 0 Å². The van der Waals surface area contributed by atoms with Crippen molar-refractivity contribution in [2.45, 2.75) is 58.9 Å². The van der Waals surface area contributed by atoms with E-state index in [0.717, 1.165) is 0 Å². The quantitative estimate of drug-likeness (QED) is 0.709. The lowest BCUT2D eigenvalue weighted by Crippen LogP contribution is -2.11. The second kappa shape index (κ2) is 4.15. The number of hydrogen-bond donors (Lipinski definition) is 0. The minimum absolute atomic E-state index is 0.611. The first-order valence-electron chi connectivity index (χ1n) is 7.25. The Labute approximate surface area is 110 Å². The van der Waals surface area contributed by atoms with Gasteiger partial charge in [-0.2, -0.15) is 0 Å². The van der Waals surface area contributed by atoms with Crippen molar-refractivity contribution in [3.63, 3.8) is 0 Å². The zero-order valence-corrected chi connectivity index (χ0v) is 12.0. The highest BCUT2D eigenvalue weighted by Gasteiger charge is 2.24. The molecule has 0 atom stereocenters. The van der Waals surface area contributed by atoms with Crippen molar-refractivity contribution in [3.8, 4) is 0 Å². The zero-order valence-electron chi connectivity index (χ0n) is 12.0. The fraction of sp³-hybridized carbons (Fsp3) is 0.529. The van der Waals surface area contributed by atoms with Crippen LogP contribution in [-0.2, 0) is 13.0 Å².